The lowest BCUT2D eigenvalue weighted by Crippen LogP contribution is -2.49. The van der Waals surface area contributed by atoms with E-state index in [4.69, 9.17) is 28.0 Å². The van der Waals surface area contributed by atoms with Gasteiger partial charge in [-0.15, -0.1) is 5.10 Å². The zero-order valence-electron chi connectivity index (χ0n) is 17.0. The van der Waals surface area contributed by atoms with Crippen LogP contribution < -0.4 is 21.4 Å². The van der Waals surface area contributed by atoms with Crippen LogP contribution in [0.3, 0.4) is 0 Å². The number of hydrogen-bond donors (Lipinski definition) is 2. The van der Waals surface area contributed by atoms with Crippen molar-refractivity contribution < 1.29 is 9.53 Å². The second kappa shape index (κ2) is 9.62. The molecule has 30 heavy (non-hydrogen) atoms. The van der Waals surface area contributed by atoms with Gasteiger partial charge >= 0.3 is 6.03 Å². The average Bonchev–Trinajstić information content (AvgIpc) is 3.21. The van der Waals surface area contributed by atoms with E-state index in [9.17, 15) is 4.79 Å². The van der Waals surface area contributed by atoms with Gasteiger partial charge in [-0.25, -0.2) is 26.2 Å². The first-order valence-corrected chi connectivity index (χ1v) is 9.91. The molecule has 0 atom stereocenters. The third-order valence-electron chi connectivity index (χ3n) is 4.56. The summed E-state index contributed by atoms with van der Waals surface area (Å²) in [6, 6.07) is 14.2. The fraction of sp³-hybridized carbons (Fsp3) is 0.238. The fourth-order valence-corrected chi connectivity index (χ4v) is 3.18. The molecule has 0 unspecified atom stereocenters. The Kier molecular flexibility index (Phi) is 6.94. The number of nitrogens with zero attached hydrogens (tertiary/aromatic N) is 4. The number of nitrogens with two attached hydrogens (primary N) is 2. The molecule has 2 aromatic carbocycles. The summed E-state index contributed by atoms with van der Waals surface area (Å²) in [5.74, 6) is 12.1. The molecule has 1 heterocycles. The second-order valence-corrected chi connectivity index (χ2v) is 7.23. The van der Waals surface area contributed by atoms with Gasteiger partial charge in [0.05, 0.1) is 11.4 Å². The van der Waals surface area contributed by atoms with Crippen molar-refractivity contribution in [2.45, 2.75) is 26.4 Å². The number of halogens is 1. The molecule has 1 aromatic heterocycles. The summed E-state index contributed by atoms with van der Waals surface area (Å²) in [5.41, 5.74) is 3.28. The van der Waals surface area contributed by atoms with Gasteiger partial charge < -0.3 is 4.74 Å². The van der Waals surface area contributed by atoms with Gasteiger partial charge in [0.15, 0.2) is 0 Å². The van der Waals surface area contributed by atoms with Crippen molar-refractivity contribution in [2.75, 3.05) is 12.1 Å². The van der Waals surface area contributed by atoms with Crippen molar-refractivity contribution in [3.63, 3.8) is 0 Å². The zero-order valence-corrected chi connectivity index (χ0v) is 17.7. The normalized spacial score (nSPS) is 10.7. The van der Waals surface area contributed by atoms with E-state index >= 15 is 0 Å². The number of hydrazine groups is 2. The first-order chi connectivity index (χ1) is 14.4. The lowest BCUT2D eigenvalue weighted by atomic mass is 10.0. The van der Waals surface area contributed by atoms with E-state index in [1.807, 2.05) is 24.3 Å². The summed E-state index contributed by atoms with van der Waals surface area (Å²) in [4.78, 5) is 12.3. The lowest BCUT2D eigenvalue weighted by Gasteiger charge is -2.24. The Balaban J connectivity index is 1.83. The van der Waals surface area contributed by atoms with Gasteiger partial charge in [-0.2, -0.15) is 0 Å². The Morgan fingerprint density at radius 3 is 2.57 bits per heavy atom. The largest absolute Gasteiger partial charge is 0.472 e. The second-order valence-electron chi connectivity index (χ2n) is 6.79. The van der Waals surface area contributed by atoms with Gasteiger partial charge in [0.1, 0.15) is 6.61 Å². The maximum absolute atomic E-state index is 12.3. The van der Waals surface area contributed by atoms with E-state index < -0.39 is 6.03 Å². The van der Waals surface area contributed by atoms with E-state index in [0.717, 1.165) is 39.7 Å². The predicted octanol–water partition coefficient (Wildman–Crippen LogP) is 3.66. The van der Waals surface area contributed by atoms with Gasteiger partial charge in [0.25, 0.3) is 0 Å². The van der Waals surface area contributed by atoms with Crippen molar-refractivity contribution in [3.05, 3.63) is 70.9 Å². The number of aromatic nitrogens is 2. The van der Waals surface area contributed by atoms with Crippen LogP contribution in [0.15, 0.2) is 54.7 Å². The predicted molar refractivity (Wildman–Crippen MR) is 117 cm³/mol. The molecule has 0 saturated heterocycles. The lowest BCUT2D eigenvalue weighted by molar-refractivity contribution is 0.216. The Bertz CT molecular complexity index is 1000. The van der Waals surface area contributed by atoms with Gasteiger partial charge in [0.2, 0.25) is 5.88 Å². The molecule has 8 nitrogen and oxygen atoms in total. The van der Waals surface area contributed by atoms with Gasteiger partial charge in [-0.05, 0) is 42.3 Å². The van der Waals surface area contributed by atoms with Crippen molar-refractivity contribution in [1.29, 1.82) is 0 Å². The molecule has 2 amide bonds. The van der Waals surface area contributed by atoms with Crippen LogP contribution in [0.2, 0.25) is 5.02 Å². The minimum absolute atomic E-state index is 0.207. The minimum Gasteiger partial charge on any atom is -0.472 e. The number of benzene rings is 2. The number of aryl methyl sites for hydroxylation is 1. The molecule has 0 aliphatic heterocycles. The van der Waals surface area contributed by atoms with Crippen LogP contribution >= 0.6 is 11.6 Å². The highest BCUT2D eigenvalue weighted by Crippen LogP contribution is 2.26. The number of amides is 2. The molecule has 158 valence electrons. The summed E-state index contributed by atoms with van der Waals surface area (Å²) in [6.45, 7) is 2.29. The topological polar surface area (TPSA) is 103 Å². The van der Waals surface area contributed by atoms with Crippen molar-refractivity contribution in [3.8, 4) is 11.6 Å². The number of rotatable bonds is 7. The molecular weight excluding hydrogens is 404 g/mol. The molecule has 0 saturated carbocycles. The smallest absolute Gasteiger partial charge is 0.352 e. The van der Waals surface area contributed by atoms with Crippen LogP contribution in [0.25, 0.3) is 5.69 Å². The molecule has 4 N–H and O–H groups in total. The monoisotopic (exact) mass is 428 g/mol. The number of hydrogen-bond acceptors (Lipinski definition) is 5. The molecule has 3 rings (SSSR count). The maximum Gasteiger partial charge on any atom is 0.352 e. The highest BCUT2D eigenvalue weighted by molar-refractivity contribution is 6.30. The summed E-state index contributed by atoms with van der Waals surface area (Å²) < 4.78 is 7.64. The van der Waals surface area contributed by atoms with E-state index in [0.29, 0.717) is 16.6 Å². The third kappa shape index (κ3) is 4.91. The molecule has 9 heteroatoms. The van der Waals surface area contributed by atoms with Crippen molar-refractivity contribution in [2.24, 2.45) is 11.7 Å². The van der Waals surface area contributed by atoms with Gasteiger partial charge in [0, 0.05) is 29.9 Å². The SMILES string of the molecule is CCCc1cccc(N(N)C(=O)N(C)N)c1COc1ccn(-c2ccc(Cl)cc2)n1. The summed E-state index contributed by atoms with van der Waals surface area (Å²) in [7, 11) is 1.44. The van der Waals surface area contributed by atoms with E-state index in [1.54, 1.807) is 35.1 Å². The third-order valence-corrected chi connectivity index (χ3v) is 4.81. The highest BCUT2D eigenvalue weighted by atomic mass is 35.5. The van der Waals surface area contributed by atoms with E-state index in [2.05, 4.69) is 12.0 Å². The van der Waals surface area contributed by atoms with Crippen LogP contribution in [0.1, 0.15) is 24.5 Å². The first-order valence-electron chi connectivity index (χ1n) is 9.53. The highest BCUT2D eigenvalue weighted by Gasteiger charge is 2.20. The van der Waals surface area contributed by atoms with E-state index in [-0.39, 0.29) is 6.61 Å². The number of carbonyl (C=O) groups is 1. The van der Waals surface area contributed by atoms with Crippen LogP contribution in [0, 0.1) is 0 Å². The average molecular weight is 429 g/mol. The molecule has 0 aliphatic rings. The maximum atomic E-state index is 12.3. The Morgan fingerprint density at radius 2 is 1.90 bits per heavy atom. The van der Waals surface area contributed by atoms with Gasteiger partial charge in [-0.3, -0.25) is 5.01 Å². The number of ether oxygens (including phenoxy) is 1. The molecule has 0 bridgehead atoms. The first kappa shape index (κ1) is 21.6. The number of urea groups is 1. The Hall–Kier alpha value is -3.07. The quantitative estimate of drug-likeness (QED) is 0.339. The number of carbonyl (C=O) groups excluding carboxylic acids is 1. The Labute approximate surface area is 180 Å². The van der Waals surface area contributed by atoms with Crippen LogP contribution in [0.5, 0.6) is 5.88 Å². The zero-order chi connectivity index (χ0) is 21.7. The Morgan fingerprint density at radius 1 is 1.17 bits per heavy atom. The molecule has 0 radical (unpaired) electrons. The minimum atomic E-state index is -0.531. The van der Waals surface area contributed by atoms with E-state index in [1.165, 1.54) is 7.05 Å². The van der Waals surface area contributed by atoms with Crippen LogP contribution in [-0.4, -0.2) is 27.9 Å². The number of anilines is 1. The molecule has 0 spiro atoms. The standard InChI is InChI=1S/C21H25ClN6O2/c1-3-5-15-6-4-7-19(28(24)21(29)26(2)23)18(15)14-30-20-12-13-27(25-20)17-10-8-16(22)9-11-17/h4,6-13H,3,5,14,23-24H2,1-2H3. The molecule has 0 aliphatic carbocycles. The molecular formula is C21H25ClN6O2. The van der Waals surface area contributed by atoms with Crippen LogP contribution in [0.4, 0.5) is 10.5 Å². The van der Waals surface area contributed by atoms with Crippen molar-refractivity contribution in [1.82, 2.24) is 14.8 Å². The molecule has 0 fully saturated rings. The summed E-state index contributed by atoms with van der Waals surface area (Å²) in [6.07, 6.45) is 3.57. The summed E-state index contributed by atoms with van der Waals surface area (Å²) >= 11 is 5.94. The van der Waals surface area contributed by atoms with Crippen LogP contribution in [-0.2, 0) is 13.0 Å². The van der Waals surface area contributed by atoms with Gasteiger partial charge in [-0.1, -0.05) is 37.1 Å². The summed E-state index contributed by atoms with van der Waals surface area (Å²) in [5, 5.41) is 7.08. The fourth-order valence-electron chi connectivity index (χ4n) is 3.06. The molecule has 3 aromatic rings. The van der Waals surface area contributed by atoms with Crippen molar-refractivity contribution >= 4 is 23.3 Å².